The lowest BCUT2D eigenvalue weighted by Crippen LogP contribution is -2.31. The molecule has 0 saturated carbocycles. The Morgan fingerprint density at radius 1 is 0.865 bits per heavy atom. The summed E-state index contributed by atoms with van der Waals surface area (Å²) in [5, 5.41) is 15.9. The summed E-state index contributed by atoms with van der Waals surface area (Å²) < 4.78 is 0. The molecule has 4 aromatic rings. The highest BCUT2D eigenvalue weighted by atomic mass is 16.3. The number of nitrogens with one attached hydrogen (secondary N) is 2. The maximum atomic E-state index is 13.0. The number of anilines is 1. The number of aliphatic hydroxyl groups is 1. The molecule has 2 heterocycles. The molecule has 1 aliphatic heterocycles. The summed E-state index contributed by atoms with van der Waals surface area (Å²) in [6.45, 7) is 1.47. The first kappa shape index (κ1) is 24.4. The fourth-order valence-corrected chi connectivity index (χ4v) is 4.58. The van der Waals surface area contributed by atoms with Gasteiger partial charge in [0.05, 0.1) is 12.6 Å². The smallest absolute Gasteiger partial charge is 0.255 e. The van der Waals surface area contributed by atoms with E-state index >= 15 is 0 Å². The monoisotopic (exact) mass is 492 g/mol. The van der Waals surface area contributed by atoms with Crippen molar-refractivity contribution >= 4 is 17.5 Å². The Morgan fingerprint density at radius 2 is 1.59 bits per heavy atom. The van der Waals surface area contributed by atoms with Gasteiger partial charge < -0.3 is 15.7 Å². The first-order chi connectivity index (χ1) is 18.0. The van der Waals surface area contributed by atoms with Crippen LogP contribution in [-0.4, -0.2) is 40.5 Å². The summed E-state index contributed by atoms with van der Waals surface area (Å²) >= 11 is 0. The fraction of sp³-hybridized carbons (Fsp3) is 0.167. The molecule has 37 heavy (non-hydrogen) atoms. The van der Waals surface area contributed by atoms with E-state index in [0.717, 1.165) is 29.9 Å². The van der Waals surface area contributed by atoms with Gasteiger partial charge in [0.2, 0.25) is 0 Å². The van der Waals surface area contributed by atoms with Gasteiger partial charge in [0.15, 0.2) is 0 Å². The Bertz CT molecular complexity index is 1420. The van der Waals surface area contributed by atoms with Gasteiger partial charge in [-0.05, 0) is 83.4 Å². The zero-order valence-electron chi connectivity index (χ0n) is 20.5. The molecule has 7 heteroatoms. The maximum absolute atomic E-state index is 13.0. The van der Waals surface area contributed by atoms with Crippen molar-refractivity contribution in [1.82, 2.24) is 15.2 Å². The number of carbonyl (C=O) groups excluding carboxylic acids is 2. The lowest BCUT2D eigenvalue weighted by molar-refractivity contribution is 0.0916. The minimum absolute atomic E-state index is 0.247. The molecule has 0 spiro atoms. The molecular formula is C30H28N4O3. The zero-order valence-corrected chi connectivity index (χ0v) is 20.5. The summed E-state index contributed by atoms with van der Waals surface area (Å²) in [5.74, 6) is -0.554. The zero-order chi connectivity index (χ0) is 25.8. The van der Waals surface area contributed by atoms with Crippen LogP contribution in [-0.2, 0) is 13.1 Å². The highest BCUT2D eigenvalue weighted by Gasteiger charge is 2.19. The highest BCUT2D eigenvalue weighted by Crippen LogP contribution is 2.25. The van der Waals surface area contributed by atoms with Crippen LogP contribution in [0.4, 0.5) is 5.69 Å². The molecule has 0 unspecified atom stereocenters. The Labute approximate surface area is 215 Å². The first-order valence-corrected chi connectivity index (χ1v) is 12.1. The number of rotatable bonds is 7. The third kappa shape index (κ3) is 5.58. The number of aliphatic hydroxyl groups excluding tert-OH is 1. The van der Waals surface area contributed by atoms with Gasteiger partial charge in [-0.25, -0.2) is 0 Å². The third-order valence-electron chi connectivity index (χ3n) is 6.54. The Balaban J connectivity index is 1.26. The number of benzene rings is 3. The van der Waals surface area contributed by atoms with Crippen molar-refractivity contribution < 1.29 is 14.7 Å². The molecule has 0 radical (unpaired) electrons. The second-order valence-corrected chi connectivity index (χ2v) is 9.26. The van der Waals surface area contributed by atoms with E-state index in [-0.39, 0.29) is 18.4 Å². The number of amides is 2. The maximum Gasteiger partial charge on any atom is 0.255 e. The second kappa shape index (κ2) is 10.7. The Kier molecular flexibility index (Phi) is 7.07. The van der Waals surface area contributed by atoms with Crippen LogP contribution in [0.2, 0.25) is 0 Å². The summed E-state index contributed by atoms with van der Waals surface area (Å²) in [6, 6.07) is 23.3. The van der Waals surface area contributed by atoms with Crippen LogP contribution in [0.25, 0.3) is 11.1 Å². The highest BCUT2D eigenvalue weighted by molar-refractivity contribution is 6.04. The predicted octanol–water partition coefficient (Wildman–Crippen LogP) is 4.41. The molecule has 7 nitrogen and oxygen atoms in total. The van der Waals surface area contributed by atoms with Crippen molar-refractivity contribution in [2.24, 2.45) is 0 Å². The number of nitrogens with zero attached hydrogens (tertiary/aromatic N) is 2. The van der Waals surface area contributed by atoms with Crippen molar-refractivity contribution in [1.29, 1.82) is 0 Å². The molecule has 3 aromatic carbocycles. The van der Waals surface area contributed by atoms with E-state index < -0.39 is 6.04 Å². The van der Waals surface area contributed by atoms with Crippen molar-refractivity contribution in [2.75, 3.05) is 19.0 Å². The summed E-state index contributed by atoms with van der Waals surface area (Å²) in [7, 11) is 2.07. The van der Waals surface area contributed by atoms with Gasteiger partial charge >= 0.3 is 0 Å². The van der Waals surface area contributed by atoms with Crippen LogP contribution in [0.1, 0.15) is 43.4 Å². The van der Waals surface area contributed by atoms with Gasteiger partial charge in [0, 0.05) is 42.3 Å². The SMILES string of the molecule is CN1Cc2ccc(NC(=O)c3cccc([C@@H](CO)NC(=O)c4ccc(-c5ccncc5)cc4)c3)cc2C1. The standard InChI is InChI=1S/C30H28N4O3/c1-34-17-25-9-10-27(16-26(25)18-34)32-30(37)24-4-2-3-23(15-24)28(19-35)33-29(36)22-7-5-20(6-8-22)21-11-13-31-14-12-21/h2-16,28,35H,17-19H2,1H3,(H,32,37)(H,33,36)/t28-/m1/s1. The van der Waals surface area contributed by atoms with Crippen LogP contribution in [0.15, 0.2) is 91.3 Å². The van der Waals surface area contributed by atoms with Crippen molar-refractivity contribution in [2.45, 2.75) is 19.1 Å². The molecule has 0 aliphatic carbocycles. The Morgan fingerprint density at radius 3 is 2.35 bits per heavy atom. The molecule has 0 fully saturated rings. The lowest BCUT2D eigenvalue weighted by atomic mass is 10.0. The topological polar surface area (TPSA) is 94.6 Å². The average Bonchev–Trinajstić information content (AvgIpc) is 3.31. The minimum atomic E-state index is -0.657. The average molecular weight is 493 g/mol. The minimum Gasteiger partial charge on any atom is -0.394 e. The van der Waals surface area contributed by atoms with Crippen molar-refractivity contribution in [3.8, 4) is 11.1 Å². The first-order valence-electron chi connectivity index (χ1n) is 12.1. The van der Waals surface area contributed by atoms with Crippen LogP contribution in [0.3, 0.4) is 0 Å². The van der Waals surface area contributed by atoms with Crippen LogP contribution >= 0.6 is 0 Å². The van der Waals surface area contributed by atoms with E-state index in [4.69, 9.17) is 0 Å². The lowest BCUT2D eigenvalue weighted by Gasteiger charge is -2.18. The number of fused-ring (bicyclic) bond motifs is 1. The largest absolute Gasteiger partial charge is 0.394 e. The normalized spacial score (nSPS) is 13.6. The van der Waals surface area contributed by atoms with Crippen molar-refractivity contribution in [3.05, 3.63) is 119 Å². The van der Waals surface area contributed by atoms with Gasteiger partial charge in [0.25, 0.3) is 11.8 Å². The number of pyridine rings is 1. The molecule has 186 valence electrons. The number of carbonyl (C=O) groups is 2. The number of hydrogen-bond acceptors (Lipinski definition) is 5. The molecule has 0 bridgehead atoms. The summed E-state index contributed by atoms with van der Waals surface area (Å²) in [6.07, 6.45) is 3.45. The molecular weight excluding hydrogens is 464 g/mol. The van der Waals surface area contributed by atoms with E-state index in [1.165, 1.54) is 11.1 Å². The quantitative estimate of drug-likeness (QED) is 0.355. The fourth-order valence-electron chi connectivity index (χ4n) is 4.58. The Hall–Kier alpha value is -4.33. The second-order valence-electron chi connectivity index (χ2n) is 9.26. The molecule has 1 aliphatic rings. The molecule has 0 saturated heterocycles. The predicted molar refractivity (Wildman–Crippen MR) is 143 cm³/mol. The molecule has 3 N–H and O–H groups in total. The molecule has 2 amide bonds. The van der Waals surface area contributed by atoms with Gasteiger partial charge in [-0.3, -0.25) is 19.5 Å². The van der Waals surface area contributed by atoms with Crippen molar-refractivity contribution in [3.63, 3.8) is 0 Å². The van der Waals surface area contributed by atoms with E-state index in [1.54, 1.807) is 48.8 Å². The van der Waals surface area contributed by atoms with E-state index in [2.05, 4.69) is 27.6 Å². The van der Waals surface area contributed by atoms with Crippen LogP contribution < -0.4 is 10.6 Å². The van der Waals surface area contributed by atoms with Gasteiger partial charge in [-0.1, -0.05) is 30.3 Å². The van der Waals surface area contributed by atoms with E-state index in [1.807, 2.05) is 42.5 Å². The van der Waals surface area contributed by atoms with Gasteiger partial charge in [0.1, 0.15) is 0 Å². The van der Waals surface area contributed by atoms with Crippen LogP contribution in [0, 0.1) is 0 Å². The van der Waals surface area contributed by atoms with Gasteiger partial charge in [-0.15, -0.1) is 0 Å². The summed E-state index contributed by atoms with van der Waals surface area (Å²) in [4.78, 5) is 32.1. The van der Waals surface area contributed by atoms with Gasteiger partial charge in [-0.2, -0.15) is 0 Å². The summed E-state index contributed by atoms with van der Waals surface area (Å²) in [5.41, 5.74) is 6.79. The third-order valence-corrected chi connectivity index (χ3v) is 6.54. The molecule has 5 rings (SSSR count). The molecule has 1 aromatic heterocycles. The van der Waals surface area contributed by atoms with E-state index in [0.29, 0.717) is 16.7 Å². The molecule has 1 atom stereocenters. The van der Waals surface area contributed by atoms with Crippen LogP contribution in [0.5, 0.6) is 0 Å². The van der Waals surface area contributed by atoms with E-state index in [9.17, 15) is 14.7 Å². The number of hydrogen-bond donors (Lipinski definition) is 3. The number of aromatic nitrogens is 1.